The molecule has 4 aromatic rings. The van der Waals surface area contributed by atoms with Gasteiger partial charge in [0.2, 0.25) is 5.91 Å². The molecule has 1 saturated heterocycles. The summed E-state index contributed by atoms with van der Waals surface area (Å²) in [6.07, 6.45) is 3.14. The minimum absolute atomic E-state index is 0.0106. The minimum atomic E-state index is -0.523. The summed E-state index contributed by atoms with van der Waals surface area (Å²) in [5.41, 5.74) is 3.53. The molecule has 0 saturated carbocycles. The molecule has 1 amide bonds. The zero-order valence-corrected chi connectivity index (χ0v) is 26.1. The summed E-state index contributed by atoms with van der Waals surface area (Å²) in [6.45, 7) is 17.1. The van der Waals surface area contributed by atoms with E-state index < -0.39 is 11.5 Å². The summed E-state index contributed by atoms with van der Waals surface area (Å²) in [5.74, 6) is -0.149. The van der Waals surface area contributed by atoms with Crippen LogP contribution in [0.3, 0.4) is 0 Å². The number of benzene rings is 1. The number of hydrogen-bond acceptors (Lipinski definition) is 6. The number of aryl methyl sites for hydroxylation is 1. The van der Waals surface area contributed by atoms with Crippen molar-refractivity contribution in [1.82, 2.24) is 24.4 Å². The normalized spacial score (nSPS) is 15.5. The van der Waals surface area contributed by atoms with Gasteiger partial charge in [0.15, 0.2) is 5.65 Å². The lowest BCUT2D eigenvalue weighted by atomic mass is 9.93. The van der Waals surface area contributed by atoms with Crippen LogP contribution in [0.15, 0.2) is 54.0 Å². The molecule has 0 N–H and O–H groups in total. The molecule has 1 aliphatic rings. The third-order valence-corrected chi connectivity index (χ3v) is 8.27. The van der Waals surface area contributed by atoms with E-state index >= 15 is 4.39 Å². The summed E-state index contributed by atoms with van der Waals surface area (Å²) in [6, 6.07) is 7.84. The molecule has 0 spiro atoms. The molecule has 0 radical (unpaired) electrons. The van der Waals surface area contributed by atoms with Crippen molar-refractivity contribution in [2.45, 2.75) is 59.4 Å². The summed E-state index contributed by atoms with van der Waals surface area (Å²) in [5, 5.41) is 0.778. The molecule has 1 atom stereocenters. The number of fused-ring (bicyclic) bond motifs is 1. The van der Waals surface area contributed by atoms with Gasteiger partial charge in [0.25, 0.3) is 0 Å². The summed E-state index contributed by atoms with van der Waals surface area (Å²) in [4.78, 5) is 44.6. The van der Waals surface area contributed by atoms with E-state index in [4.69, 9.17) is 21.6 Å². The van der Waals surface area contributed by atoms with Crippen molar-refractivity contribution in [1.29, 1.82) is 0 Å². The molecule has 1 aliphatic heterocycles. The van der Waals surface area contributed by atoms with Crippen LogP contribution in [0, 0.1) is 12.7 Å². The van der Waals surface area contributed by atoms with Crippen LogP contribution in [0.4, 0.5) is 10.2 Å². The van der Waals surface area contributed by atoms with Crippen molar-refractivity contribution >= 4 is 34.4 Å². The predicted molar refractivity (Wildman–Crippen MR) is 170 cm³/mol. The highest BCUT2D eigenvalue weighted by Gasteiger charge is 2.31. The van der Waals surface area contributed by atoms with E-state index in [-0.39, 0.29) is 40.1 Å². The summed E-state index contributed by atoms with van der Waals surface area (Å²) >= 11 is 6.83. The Balaban J connectivity index is 1.87. The Morgan fingerprint density at radius 1 is 1.14 bits per heavy atom. The molecule has 0 bridgehead atoms. The first-order valence-corrected chi connectivity index (χ1v) is 14.9. The second-order valence-electron chi connectivity index (χ2n) is 11.7. The maximum atomic E-state index is 15.1. The molecule has 4 heterocycles. The molecular formula is C33H36ClFN6O2. The van der Waals surface area contributed by atoms with E-state index in [0.29, 0.717) is 42.2 Å². The number of carbonyl (C=O) groups is 1. The molecule has 8 nitrogen and oxygen atoms in total. The first kappa shape index (κ1) is 30.4. The molecular weight excluding hydrogens is 567 g/mol. The number of piperazine rings is 1. The van der Waals surface area contributed by atoms with E-state index in [1.54, 1.807) is 29.2 Å². The lowest BCUT2D eigenvalue weighted by Crippen LogP contribution is -2.54. The highest BCUT2D eigenvalue weighted by molar-refractivity contribution is 6.33. The topological polar surface area (TPSA) is 84.2 Å². The van der Waals surface area contributed by atoms with E-state index in [1.165, 1.54) is 16.7 Å². The van der Waals surface area contributed by atoms with Crippen LogP contribution >= 0.6 is 11.6 Å². The monoisotopic (exact) mass is 602 g/mol. The van der Waals surface area contributed by atoms with Gasteiger partial charge in [0, 0.05) is 37.4 Å². The Kier molecular flexibility index (Phi) is 8.38. The van der Waals surface area contributed by atoms with Crippen LogP contribution in [0.25, 0.3) is 28.0 Å². The number of aromatic nitrogens is 4. The fourth-order valence-electron chi connectivity index (χ4n) is 5.98. The van der Waals surface area contributed by atoms with Gasteiger partial charge in [-0.2, -0.15) is 4.98 Å². The smallest absolute Gasteiger partial charge is 0.350 e. The first-order valence-electron chi connectivity index (χ1n) is 14.5. The lowest BCUT2D eigenvalue weighted by molar-refractivity contribution is -0.126. The average molecular weight is 603 g/mol. The van der Waals surface area contributed by atoms with Crippen molar-refractivity contribution in [2.75, 3.05) is 24.5 Å². The molecule has 5 rings (SSSR count). The van der Waals surface area contributed by atoms with Gasteiger partial charge in [-0.25, -0.2) is 18.7 Å². The third-order valence-electron chi connectivity index (χ3n) is 7.98. The highest BCUT2D eigenvalue weighted by atomic mass is 35.5. The largest absolute Gasteiger partial charge is 0.355 e. The molecule has 1 fully saturated rings. The fourth-order valence-corrected chi connectivity index (χ4v) is 6.23. The number of amides is 1. The van der Waals surface area contributed by atoms with E-state index in [0.717, 1.165) is 16.8 Å². The van der Waals surface area contributed by atoms with Crippen LogP contribution in [0.2, 0.25) is 5.02 Å². The van der Waals surface area contributed by atoms with Gasteiger partial charge in [-0.3, -0.25) is 9.78 Å². The third kappa shape index (κ3) is 5.42. The molecule has 1 aromatic carbocycles. The number of carbonyl (C=O) groups excluding carboxylic acids is 1. The Labute approximate surface area is 255 Å². The molecule has 0 unspecified atom stereocenters. The van der Waals surface area contributed by atoms with Crippen molar-refractivity contribution in [3.05, 3.63) is 87.3 Å². The second-order valence-corrected chi connectivity index (χ2v) is 12.1. The first-order chi connectivity index (χ1) is 20.4. The standard InChI is InChI=1S/C33H36ClFN6O2/c1-8-26(42)39-13-14-40(21(7)17-39)31-23-15-24(34)29(22-11-9-10-12-25(22)35)37-32(23)41(33(43)38-31)30-27(18(2)3)20(6)16-36-28(30)19(4)5/h8-12,15-16,18-19,21H,1,13-14,17H2,2-7H3/t21-/m0/s1. The van der Waals surface area contributed by atoms with Crippen LogP contribution in [-0.4, -0.2) is 56.0 Å². The quantitative estimate of drug-likeness (QED) is 0.237. The van der Waals surface area contributed by atoms with Crippen LogP contribution in [0.1, 0.15) is 63.3 Å². The van der Waals surface area contributed by atoms with Gasteiger partial charge in [0.1, 0.15) is 11.6 Å². The number of nitrogens with zero attached hydrogens (tertiary/aromatic N) is 6. The maximum Gasteiger partial charge on any atom is 0.355 e. The van der Waals surface area contributed by atoms with E-state index in [2.05, 4.69) is 25.4 Å². The van der Waals surface area contributed by atoms with Crippen LogP contribution in [-0.2, 0) is 4.79 Å². The Morgan fingerprint density at radius 2 is 1.86 bits per heavy atom. The molecule has 0 aliphatic carbocycles. The number of hydrogen-bond donors (Lipinski definition) is 0. The highest BCUT2D eigenvalue weighted by Crippen LogP contribution is 2.38. The Hall–Kier alpha value is -4.11. The van der Waals surface area contributed by atoms with Gasteiger partial charge in [0.05, 0.1) is 27.5 Å². The zero-order valence-electron chi connectivity index (χ0n) is 25.4. The van der Waals surface area contributed by atoms with Crippen molar-refractivity contribution in [3.8, 4) is 16.9 Å². The maximum absolute atomic E-state index is 15.1. The minimum Gasteiger partial charge on any atom is -0.350 e. The van der Waals surface area contributed by atoms with Crippen molar-refractivity contribution in [2.24, 2.45) is 0 Å². The van der Waals surface area contributed by atoms with Gasteiger partial charge >= 0.3 is 5.69 Å². The van der Waals surface area contributed by atoms with Crippen LogP contribution in [0.5, 0.6) is 0 Å². The molecule has 10 heteroatoms. The number of rotatable bonds is 6. The predicted octanol–water partition coefficient (Wildman–Crippen LogP) is 6.41. The van der Waals surface area contributed by atoms with Crippen molar-refractivity contribution in [3.63, 3.8) is 0 Å². The lowest BCUT2D eigenvalue weighted by Gasteiger charge is -2.40. The Bertz CT molecular complexity index is 1800. The van der Waals surface area contributed by atoms with E-state index in [1.807, 2.05) is 38.8 Å². The fraction of sp³-hybridized carbons (Fsp3) is 0.364. The van der Waals surface area contributed by atoms with E-state index in [9.17, 15) is 9.59 Å². The van der Waals surface area contributed by atoms with Gasteiger partial charge < -0.3 is 9.80 Å². The van der Waals surface area contributed by atoms with Gasteiger partial charge in [-0.15, -0.1) is 0 Å². The van der Waals surface area contributed by atoms with Gasteiger partial charge in [-0.1, -0.05) is 58.0 Å². The van der Waals surface area contributed by atoms with Gasteiger partial charge in [-0.05, 0) is 61.1 Å². The summed E-state index contributed by atoms with van der Waals surface area (Å²) < 4.78 is 16.6. The molecule has 43 heavy (non-hydrogen) atoms. The Morgan fingerprint density at radius 3 is 2.49 bits per heavy atom. The van der Waals surface area contributed by atoms with Crippen LogP contribution < -0.4 is 10.6 Å². The summed E-state index contributed by atoms with van der Waals surface area (Å²) in [7, 11) is 0. The SMILES string of the molecule is C=CC(=O)N1CCN(c2nc(=O)n(-c3c(C(C)C)ncc(C)c3C(C)C)c3nc(-c4ccccc4F)c(Cl)cc23)[C@@H](C)C1. The number of halogens is 2. The number of pyridine rings is 2. The zero-order chi connectivity index (χ0) is 31.2. The number of anilines is 1. The second kappa shape index (κ2) is 11.9. The average Bonchev–Trinajstić information content (AvgIpc) is 2.96. The molecule has 224 valence electrons. The van der Waals surface area contributed by atoms with Crippen molar-refractivity contribution < 1.29 is 9.18 Å². The molecule has 3 aromatic heterocycles.